The van der Waals surface area contributed by atoms with Gasteiger partial charge in [-0.3, -0.25) is 0 Å². The Balaban J connectivity index is 2.05. The molecule has 1 heterocycles. The smallest absolute Gasteiger partial charge is 0.284 e. The van der Waals surface area contributed by atoms with Crippen LogP contribution in [0.2, 0.25) is 0 Å². The molecule has 1 aliphatic heterocycles. The van der Waals surface area contributed by atoms with E-state index in [1.807, 2.05) is 49.1 Å². The van der Waals surface area contributed by atoms with Crippen LogP contribution in [0.3, 0.4) is 0 Å². The van der Waals surface area contributed by atoms with Crippen LogP contribution < -0.4 is 0 Å². The predicted octanol–water partition coefficient (Wildman–Crippen LogP) is 2.93. The average molecular weight is 358 g/mol. The molecule has 0 saturated carbocycles. The SMILES string of the molecule is C[C@@H]1CN(C(=NS(=O)(=O)c2ccccc2)c2ccccc2)C[C@H](C)O1. The van der Waals surface area contributed by atoms with E-state index in [1.54, 1.807) is 30.3 Å². The van der Waals surface area contributed by atoms with Crippen molar-refractivity contribution in [2.24, 2.45) is 4.40 Å². The van der Waals surface area contributed by atoms with Crippen molar-refractivity contribution in [1.82, 2.24) is 4.90 Å². The molecule has 6 heteroatoms. The zero-order chi connectivity index (χ0) is 17.9. The number of morpholine rings is 1. The fraction of sp³-hybridized carbons (Fsp3) is 0.316. The molecule has 5 nitrogen and oxygen atoms in total. The molecule has 0 aromatic heterocycles. The molecule has 132 valence electrons. The van der Waals surface area contributed by atoms with Crippen molar-refractivity contribution in [1.29, 1.82) is 0 Å². The monoisotopic (exact) mass is 358 g/mol. The lowest BCUT2D eigenvalue weighted by atomic mass is 10.1. The molecule has 25 heavy (non-hydrogen) atoms. The van der Waals surface area contributed by atoms with Crippen LogP contribution in [0.5, 0.6) is 0 Å². The largest absolute Gasteiger partial charge is 0.372 e. The van der Waals surface area contributed by atoms with E-state index in [-0.39, 0.29) is 17.1 Å². The maximum absolute atomic E-state index is 12.8. The van der Waals surface area contributed by atoms with E-state index in [9.17, 15) is 8.42 Å². The minimum Gasteiger partial charge on any atom is -0.372 e. The van der Waals surface area contributed by atoms with Crippen LogP contribution in [-0.4, -0.2) is 44.5 Å². The maximum Gasteiger partial charge on any atom is 0.284 e. The number of ether oxygens (including phenoxy) is 1. The van der Waals surface area contributed by atoms with Crippen LogP contribution in [-0.2, 0) is 14.8 Å². The van der Waals surface area contributed by atoms with E-state index in [0.29, 0.717) is 18.9 Å². The molecule has 0 N–H and O–H groups in total. The zero-order valence-corrected chi connectivity index (χ0v) is 15.2. The highest BCUT2D eigenvalue weighted by Crippen LogP contribution is 2.19. The van der Waals surface area contributed by atoms with Crippen LogP contribution in [0.4, 0.5) is 0 Å². The Bertz CT molecular complexity index is 825. The number of sulfonamides is 1. The van der Waals surface area contributed by atoms with E-state index < -0.39 is 10.0 Å². The third kappa shape index (κ3) is 4.27. The molecule has 0 unspecified atom stereocenters. The Labute approximate surface area is 149 Å². The summed E-state index contributed by atoms with van der Waals surface area (Å²) in [5, 5.41) is 0. The highest BCUT2D eigenvalue weighted by Gasteiger charge is 2.27. The fourth-order valence-corrected chi connectivity index (χ4v) is 4.05. The van der Waals surface area contributed by atoms with Crippen LogP contribution in [0.25, 0.3) is 0 Å². The van der Waals surface area contributed by atoms with Crippen molar-refractivity contribution in [2.75, 3.05) is 13.1 Å². The van der Waals surface area contributed by atoms with Crippen molar-refractivity contribution in [3.63, 3.8) is 0 Å². The topological polar surface area (TPSA) is 59.0 Å². The fourth-order valence-electron chi connectivity index (χ4n) is 2.99. The molecule has 1 saturated heterocycles. The summed E-state index contributed by atoms with van der Waals surface area (Å²) in [5.41, 5.74) is 0.781. The standard InChI is InChI=1S/C19H22N2O3S/c1-15-13-21(14-16(2)24-15)19(17-9-5-3-6-10-17)20-25(22,23)18-11-7-4-8-12-18/h3-12,15-16H,13-14H2,1-2H3/t15-,16+. The number of benzene rings is 2. The third-order valence-corrected chi connectivity index (χ3v) is 5.28. The number of hydrogen-bond donors (Lipinski definition) is 0. The summed E-state index contributed by atoms with van der Waals surface area (Å²) in [6, 6.07) is 17.7. The van der Waals surface area contributed by atoms with Gasteiger partial charge in [-0.15, -0.1) is 4.40 Å². The molecular weight excluding hydrogens is 336 g/mol. The van der Waals surface area contributed by atoms with Gasteiger partial charge in [0.25, 0.3) is 10.0 Å². The van der Waals surface area contributed by atoms with Gasteiger partial charge in [-0.25, -0.2) is 0 Å². The summed E-state index contributed by atoms with van der Waals surface area (Å²) in [5.74, 6) is 0.464. The molecule has 2 aromatic carbocycles. The number of rotatable bonds is 3. The molecule has 0 amide bonds. The van der Waals surface area contributed by atoms with Crippen molar-refractivity contribution >= 4 is 15.9 Å². The summed E-state index contributed by atoms with van der Waals surface area (Å²) < 4.78 is 35.5. The highest BCUT2D eigenvalue weighted by molar-refractivity contribution is 7.90. The number of nitrogens with zero attached hydrogens (tertiary/aromatic N) is 2. The molecule has 0 spiro atoms. The normalized spacial score (nSPS) is 22.0. The lowest BCUT2D eigenvalue weighted by Crippen LogP contribution is -2.48. The second kappa shape index (κ2) is 7.37. The van der Waals surface area contributed by atoms with Crippen LogP contribution in [0.1, 0.15) is 19.4 Å². The summed E-state index contributed by atoms with van der Waals surface area (Å²) in [7, 11) is -3.79. The van der Waals surface area contributed by atoms with E-state index in [4.69, 9.17) is 4.74 Å². The Kier molecular flexibility index (Phi) is 5.20. The van der Waals surface area contributed by atoms with Crippen molar-refractivity contribution in [3.8, 4) is 0 Å². The van der Waals surface area contributed by atoms with Crippen molar-refractivity contribution < 1.29 is 13.2 Å². The summed E-state index contributed by atoms with van der Waals surface area (Å²) in [6.45, 7) is 5.17. The minimum absolute atomic E-state index is 0.0112. The lowest BCUT2D eigenvalue weighted by Gasteiger charge is -2.37. The van der Waals surface area contributed by atoms with Gasteiger partial charge < -0.3 is 9.64 Å². The van der Waals surface area contributed by atoms with Gasteiger partial charge in [0.2, 0.25) is 0 Å². The minimum atomic E-state index is -3.79. The molecule has 0 radical (unpaired) electrons. The average Bonchev–Trinajstić information content (AvgIpc) is 2.60. The van der Waals surface area contributed by atoms with Gasteiger partial charge in [-0.1, -0.05) is 48.5 Å². The molecule has 0 bridgehead atoms. The summed E-state index contributed by atoms with van der Waals surface area (Å²) in [4.78, 5) is 2.19. The van der Waals surface area contributed by atoms with Crippen molar-refractivity contribution in [2.45, 2.75) is 31.0 Å². The molecule has 1 fully saturated rings. The zero-order valence-electron chi connectivity index (χ0n) is 14.4. The van der Waals surface area contributed by atoms with E-state index in [2.05, 4.69) is 4.40 Å². The van der Waals surface area contributed by atoms with Crippen LogP contribution >= 0.6 is 0 Å². The molecule has 0 aliphatic carbocycles. The van der Waals surface area contributed by atoms with Gasteiger partial charge in [-0.05, 0) is 26.0 Å². The first-order valence-electron chi connectivity index (χ1n) is 8.31. The van der Waals surface area contributed by atoms with Gasteiger partial charge in [0.05, 0.1) is 17.1 Å². The molecule has 1 aliphatic rings. The number of hydrogen-bond acceptors (Lipinski definition) is 3. The summed E-state index contributed by atoms with van der Waals surface area (Å²) in [6.07, 6.45) is 0.0224. The Morgan fingerprint density at radius 3 is 2.04 bits per heavy atom. The Morgan fingerprint density at radius 1 is 0.960 bits per heavy atom. The van der Waals surface area contributed by atoms with Crippen molar-refractivity contribution in [3.05, 3.63) is 66.2 Å². The van der Waals surface area contributed by atoms with E-state index in [0.717, 1.165) is 5.56 Å². The van der Waals surface area contributed by atoms with E-state index in [1.165, 1.54) is 0 Å². The first-order chi connectivity index (χ1) is 12.0. The second-order valence-electron chi connectivity index (χ2n) is 6.23. The van der Waals surface area contributed by atoms with Crippen LogP contribution in [0.15, 0.2) is 70.0 Å². The van der Waals surface area contributed by atoms with Crippen LogP contribution in [0, 0.1) is 0 Å². The molecule has 2 atom stereocenters. The Morgan fingerprint density at radius 2 is 1.48 bits per heavy atom. The molecule has 3 rings (SSSR count). The van der Waals surface area contributed by atoms with E-state index >= 15 is 0 Å². The first kappa shape index (κ1) is 17.6. The maximum atomic E-state index is 12.8. The third-order valence-electron chi connectivity index (χ3n) is 4.00. The lowest BCUT2D eigenvalue weighted by molar-refractivity contribution is -0.0478. The molecule has 2 aromatic rings. The summed E-state index contributed by atoms with van der Waals surface area (Å²) >= 11 is 0. The van der Waals surface area contributed by atoms with Gasteiger partial charge in [-0.2, -0.15) is 8.42 Å². The molecular formula is C19H22N2O3S. The Hall–Kier alpha value is -2.18. The van der Waals surface area contributed by atoms with Gasteiger partial charge >= 0.3 is 0 Å². The van der Waals surface area contributed by atoms with Gasteiger partial charge in [0.1, 0.15) is 5.84 Å². The number of amidine groups is 1. The first-order valence-corrected chi connectivity index (χ1v) is 9.75. The predicted molar refractivity (Wildman–Crippen MR) is 98.2 cm³/mol. The quantitative estimate of drug-likeness (QED) is 0.625. The second-order valence-corrected chi connectivity index (χ2v) is 7.84. The van der Waals surface area contributed by atoms with Gasteiger partial charge in [0, 0.05) is 18.7 Å². The van der Waals surface area contributed by atoms with Gasteiger partial charge in [0.15, 0.2) is 0 Å². The highest BCUT2D eigenvalue weighted by atomic mass is 32.2.